The van der Waals surface area contributed by atoms with Gasteiger partial charge in [-0.15, -0.1) is 0 Å². The molecule has 0 spiro atoms. The van der Waals surface area contributed by atoms with Gasteiger partial charge < -0.3 is 4.90 Å². The number of amides is 1. The van der Waals surface area contributed by atoms with Crippen molar-refractivity contribution in [2.75, 3.05) is 6.54 Å². The van der Waals surface area contributed by atoms with Crippen LogP contribution < -0.4 is 0 Å². The number of fused-ring (bicyclic) bond motifs is 1. The fourth-order valence-electron chi connectivity index (χ4n) is 2.49. The van der Waals surface area contributed by atoms with Crippen LogP contribution in [0.5, 0.6) is 0 Å². The van der Waals surface area contributed by atoms with E-state index >= 15 is 0 Å². The summed E-state index contributed by atoms with van der Waals surface area (Å²) >= 11 is 4.12. The zero-order valence-electron chi connectivity index (χ0n) is 9.39. The molecule has 2 saturated heterocycles. The molecule has 1 unspecified atom stereocenters. The number of nitrogens with zero attached hydrogens (tertiary/aromatic N) is 2. The molecule has 0 radical (unpaired) electrons. The van der Waals surface area contributed by atoms with Gasteiger partial charge in [0.15, 0.2) is 0 Å². The Balaban J connectivity index is 2.14. The molecule has 2 aliphatic rings. The second-order valence-corrected chi connectivity index (χ2v) is 5.41. The molecular weight excluding hydrogens is 240 g/mol. The first-order valence-corrected chi connectivity index (χ1v) is 7.69. The smallest absolute Gasteiger partial charge is 0.261 e. The lowest BCUT2D eigenvalue weighted by Crippen LogP contribution is -2.32. The molecule has 2 aliphatic heterocycles. The molecule has 2 fully saturated rings. The fourth-order valence-corrected chi connectivity index (χ4v) is 3.42. The van der Waals surface area contributed by atoms with Gasteiger partial charge in [0.2, 0.25) is 0 Å². The summed E-state index contributed by atoms with van der Waals surface area (Å²) in [5, 5.41) is 0. The molecule has 0 aromatic carbocycles. The van der Waals surface area contributed by atoms with Crippen LogP contribution in [0, 0.1) is 0 Å². The monoisotopic (exact) mass is 258 g/mol. The Kier molecular flexibility index (Phi) is 4.08. The van der Waals surface area contributed by atoms with Gasteiger partial charge in [0.1, 0.15) is 11.9 Å². The molecule has 1 amide bonds. The molecule has 0 N–H and O–H groups in total. The van der Waals surface area contributed by atoms with E-state index in [1.807, 2.05) is 0 Å². The van der Waals surface area contributed by atoms with Crippen molar-refractivity contribution in [1.82, 2.24) is 9.21 Å². The van der Waals surface area contributed by atoms with Gasteiger partial charge in [0, 0.05) is 17.5 Å². The van der Waals surface area contributed by atoms with E-state index in [-0.39, 0.29) is 11.9 Å². The van der Waals surface area contributed by atoms with Crippen LogP contribution in [0.25, 0.3) is 0 Å². The van der Waals surface area contributed by atoms with E-state index in [2.05, 4.69) is 23.1 Å². The van der Waals surface area contributed by atoms with Crippen molar-refractivity contribution in [3.05, 3.63) is 12.4 Å². The quantitative estimate of drug-likeness (QED) is 0.444. The molecule has 0 bridgehead atoms. The zero-order valence-corrected chi connectivity index (χ0v) is 11.1. The summed E-state index contributed by atoms with van der Waals surface area (Å²) in [6, 6.07) is 0.0187. The maximum Gasteiger partial charge on any atom is 0.261 e. The molecule has 16 heavy (non-hydrogen) atoms. The zero-order chi connectivity index (χ0) is 11.5. The number of hydrogen-bond donors (Lipinski definition) is 1. The normalized spacial score (nSPS) is 27.4. The SMILES string of the molecule is C=C1N(SS)C(=O)C2CCCCCCCN12. The van der Waals surface area contributed by atoms with Crippen LogP contribution in [0.2, 0.25) is 0 Å². The van der Waals surface area contributed by atoms with Gasteiger partial charge in [0.05, 0.1) is 0 Å². The van der Waals surface area contributed by atoms with Crippen molar-refractivity contribution in [1.29, 1.82) is 0 Å². The van der Waals surface area contributed by atoms with Crippen molar-refractivity contribution in [3.8, 4) is 0 Å². The third-order valence-electron chi connectivity index (χ3n) is 3.39. The van der Waals surface area contributed by atoms with Crippen LogP contribution >= 0.6 is 22.6 Å². The van der Waals surface area contributed by atoms with Gasteiger partial charge in [-0.3, -0.25) is 4.79 Å². The minimum absolute atomic E-state index is 0.0187. The summed E-state index contributed by atoms with van der Waals surface area (Å²) in [5.41, 5.74) is 0. The van der Waals surface area contributed by atoms with Gasteiger partial charge >= 0.3 is 0 Å². The maximum atomic E-state index is 12.1. The van der Waals surface area contributed by atoms with Crippen LogP contribution in [0.15, 0.2) is 12.4 Å². The summed E-state index contributed by atoms with van der Waals surface area (Å²) in [5.74, 6) is 0.976. The lowest BCUT2D eigenvalue weighted by Gasteiger charge is -2.23. The van der Waals surface area contributed by atoms with E-state index in [1.54, 1.807) is 4.31 Å². The van der Waals surface area contributed by atoms with E-state index in [1.165, 1.54) is 30.2 Å². The predicted octanol–water partition coefficient (Wildman–Crippen LogP) is 2.82. The lowest BCUT2D eigenvalue weighted by atomic mass is 10.1. The summed E-state index contributed by atoms with van der Waals surface area (Å²) < 4.78 is 1.62. The summed E-state index contributed by atoms with van der Waals surface area (Å²) in [6.07, 6.45) is 7.07. The van der Waals surface area contributed by atoms with E-state index in [0.29, 0.717) is 0 Å². The van der Waals surface area contributed by atoms with Crippen LogP contribution in [0.4, 0.5) is 0 Å². The highest BCUT2D eigenvalue weighted by molar-refractivity contribution is 8.67. The highest BCUT2D eigenvalue weighted by Gasteiger charge is 2.40. The van der Waals surface area contributed by atoms with Gasteiger partial charge in [-0.05, 0) is 12.8 Å². The van der Waals surface area contributed by atoms with E-state index in [0.717, 1.165) is 31.6 Å². The Morgan fingerprint density at radius 3 is 2.69 bits per heavy atom. The second kappa shape index (κ2) is 5.36. The minimum atomic E-state index is 0.0187. The topological polar surface area (TPSA) is 23.6 Å². The molecular formula is C11H18N2OS2. The maximum absolute atomic E-state index is 12.1. The molecule has 0 aromatic rings. The lowest BCUT2D eigenvalue weighted by molar-refractivity contribution is -0.125. The molecule has 3 nitrogen and oxygen atoms in total. The fraction of sp³-hybridized carbons (Fsp3) is 0.727. The number of hydrogen-bond acceptors (Lipinski definition) is 4. The van der Waals surface area contributed by atoms with E-state index < -0.39 is 0 Å². The Bertz CT molecular complexity index is 270. The summed E-state index contributed by atoms with van der Waals surface area (Å²) in [6.45, 7) is 4.96. The molecule has 2 rings (SSSR count). The Morgan fingerprint density at radius 2 is 1.94 bits per heavy atom. The largest absolute Gasteiger partial charge is 0.346 e. The first kappa shape index (κ1) is 12.2. The Labute approximate surface area is 106 Å². The van der Waals surface area contributed by atoms with Gasteiger partial charge in [-0.1, -0.05) is 43.9 Å². The second-order valence-electron chi connectivity index (χ2n) is 4.40. The third-order valence-corrected chi connectivity index (χ3v) is 4.43. The highest BCUT2D eigenvalue weighted by atomic mass is 33.1. The van der Waals surface area contributed by atoms with Gasteiger partial charge in [0.25, 0.3) is 5.91 Å². The molecule has 0 aliphatic carbocycles. The highest BCUT2D eigenvalue weighted by Crippen LogP contribution is 2.35. The van der Waals surface area contributed by atoms with Gasteiger partial charge in [-0.2, -0.15) is 0 Å². The number of thiol groups is 1. The van der Waals surface area contributed by atoms with Crippen molar-refractivity contribution >= 4 is 28.5 Å². The third kappa shape index (κ3) is 2.20. The average Bonchev–Trinajstić information content (AvgIpc) is 2.57. The number of carbonyl (C=O) groups is 1. The Morgan fingerprint density at radius 1 is 1.25 bits per heavy atom. The molecule has 2 heterocycles. The standard InChI is InChI=1S/C11H18N2OS2/c1-9-12-8-6-4-2-3-5-7-10(12)11(14)13(9)16-15/h10,15H,1-8H2. The number of rotatable bonds is 1. The number of carbonyl (C=O) groups excluding carboxylic acids is 1. The van der Waals surface area contributed by atoms with E-state index in [9.17, 15) is 4.79 Å². The van der Waals surface area contributed by atoms with Crippen molar-refractivity contribution in [2.24, 2.45) is 0 Å². The van der Waals surface area contributed by atoms with Crippen LogP contribution in [-0.4, -0.2) is 27.7 Å². The first-order chi connectivity index (χ1) is 7.75. The van der Waals surface area contributed by atoms with E-state index in [4.69, 9.17) is 0 Å². The molecule has 1 atom stereocenters. The van der Waals surface area contributed by atoms with Crippen LogP contribution in [0.3, 0.4) is 0 Å². The molecule has 0 aromatic heterocycles. The minimum Gasteiger partial charge on any atom is -0.346 e. The molecule has 90 valence electrons. The van der Waals surface area contributed by atoms with Crippen LogP contribution in [0.1, 0.15) is 38.5 Å². The summed E-state index contributed by atoms with van der Waals surface area (Å²) in [4.78, 5) is 14.3. The first-order valence-electron chi connectivity index (χ1n) is 5.86. The van der Waals surface area contributed by atoms with Gasteiger partial charge in [-0.25, -0.2) is 4.31 Å². The van der Waals surface area contributed by atoms with Crippen molar-refractivity contribution < 1.29 is 4.79 Å². The predicted molar refractivity (Wildman–Crippen MR) is 70.8 cm³/mol. The summed E-state index contributed by atoms with van der Waals surface area (Å²) in [7, 11) is 1.17. The van der Waals surface area contributed by atoms with Crippen LogP contribution in [-0.2, 0) is 4.79 Å². The van der Waals surface area contributed by atoms with Crippen molar-refractivity contribution in [3.63, 3.8) is 0 Å². The van der Waals surface area contributed by atoms with Crippen molar-refractivity contribution in [2.45, 2.75) is 44.6 Å². The molecule has 0 saturated carbocycles. The Hall–Kier alpha value is -0.290. The average molecular weight is 258 g/mol. The molecule has 5 heteroatoms.